The summed E-state index contributed by atoms with van der Waals surface area (Å²) >= 11 is 1.67. The number of carbonyl (C=O) groups is 1. The van der Waals surface area contributed by atoms with Crippen LogP contribution in [0.25, 0.3) is 0 Å². The lowest BCUT2D eigenvalue weighted by Gasteiger charge is -2.26. The zero-order chi connectivity index (χ0) is 16.4. The Balaban J connectivity index is 1.61. The minimum atomic E-state index is 0.0452. The minimum Gasteiger partial charge on any atom is -0.340 e. The number of nitrogens with zero attached hydrogens (tertiary/aromatic N) is 5. The molecule has 1 amide bonds. The van der Waals surface area contributed by atoms with Gasteiger partial charge in [0.05, 0.1) is 17.2 Å². The van der Waals surface area contributed by atoms with Gasteiger partial charge in [-0.25, -0.2) is 4.98 Å². The summed E-state index contributed by atoms with van der Waals surface area (Å²) in [6, 6.07) is 0.186. The highest BCUT2D eigenvalue weighted by atomic mass is 32.1. The number of rotatable bonds is 5. The second-order valence-corrected chi connectivity index (χ2v) is 6.97. The summed E-state index contributed by atoms with van der Waals surface area (Å²) in [6.45, 7) is 8.44. The summed E-state index contributed by atoms with van der Waals surface area (Å²) in [5.41, 5.74) is 1.11. The van der Waals surface area contributed by atoms with E-state index in [1.54, 1.807) is 25.2 Å². The van der Waals surface area contributed by atoms with Crippen LogP contribution in [-0.4, -0.2) is 50.0 Å². The molecule has 1 aliphatic rings. The molecule has 1 unspecified atom stereocenters. The molecule has 23 heavy (non-hydrogen) atoms. The maximum atomic E-state index is 12.0. The first-order valence-electron chi connectivity index (χ1n) is 7.71. The number of hydrogen-bond donors (Lipinski definition) is 0. The third-order valence-electron chi connectivity index (χ3n) is 4.03. The molecular weight excluding hydrogens is 314 g/mol. The second kappa shape index (κ2) is 6.76. The van der Waals surface area contributed by atoms with Crippen molar-refractivity contribution < 1.29 is 9.32 Å². The zero-order valence-corrected chi connectivity index (χ0v) is 14.5. The van der Waals surface area contributed by atoms with Gasteiger partial charge in [0.1, 0.15) is 0 Å². The summed E-state index contributed by atoms with van der Waals surface area (Å²) in [6.07, 6.45) is 0.958. The Labute approximate surface area is 139 Å². The third-order valence-corrected chi connectivity index (χ3v) is 4.85. The van der Waals surface area contributed by atoms with E-state index in [2.05, 4.69) is 25.4 Å². The fraction of sp³-hybridized carbons (Fsp3) is 0.600. The van der Waals surface area contributed by atoms with Crippen molar-refractivity contribution in [1.29, 1.82) is 0 Å². The number of thiazole rings is 1. The van der Waals surface area contributed by atoms with Crippen molar-refractivity contribution in [3.8, 4) is 0 Å². The predicted molar refractivity (Wildman–Crippen MR) is 85.8 cm³/mol. The van der Waals surface area contributed by atoms with E-state index in [0.29, 0.717) is 18.3 Å². The molecule has 3 rings (SSSR count). The molecule has 2 aromatic heterocycles. The molecule has 2 aromatic rings. The van der Waals surface area contributed by atoms with Crippen LogP contribution < -0.4 is 0 Å². The molecule has 0 bridgehead atoms. The molecule has 0 radical (unpaired) electrons. The first-order valence-corrected chi connectivity index (χ1v) is 8.59. The van der Waals surface area contributed by atoms with Gasteiger partial charge in [0.25, 0.3) is 0 Å². The average molecular weight is 335 g/mol. The normalized spacial score (nSPS) is 18.5. The lowest BCUT2D eigenvalue weighted by molar-refractivity contribution is -0.131. The van der Waals surface area contributed by atoms with Crippen molar-refractivity contribution in [3.05, 3.63) is 27.8 Å². The van der Waals surface area contributed by atoms with Crippen molar-refractivity contribution in [2.45, 2.75) is 46.3 Å². The summed E-state index contributed by atoms with van der Waals surface area (Å²) in [7, 11) is 0. The fourth-order valence-electron chi connectivity index (χ4n) is 2.98. The number of aromatic nitrogens is 3. The molecule has 0 spiro atoms. The van der Waals surface area contributed by atoms with Crippen molar-refractivity contribution in [1.82, 2.24) is 24.9 Å². The molecule has 0 saturated carbocycles. The monoisotopic (exact) mass is 335 g/mol. The van der Waals surface area contributed by atoms with Gasteiger partial charge in [-0.1, -0.05) is 5.16 Å². The number of likely N-dealkylation sites (tertiary alicyclic amines) is 1. The van der Waals surface area contributed by atoms with Crippen molar-refractivity contribution in [2.75, 3.05) is 13.1 Å². The van der Waals surface area contributed by atoms with Gasteiger partial charge in [0, 0.05) is 44.9 Å². The summed E-state index contributed by atoms with van der Waals surface area (Å²) < 4.78 is 4.99. The lowest BCUT2D eigenvalue weighted by Crippen LogP contribution is -2.40. The molecule has 7 nitrogen and oxygen atoms in total. The number of amides is 1. The van der Waals surface area contributed by atoms with Crippen LogP contribution >= 0.6 is 11.3 Å². The molecule has 0 aliphatic carbocycles. The van der Waals surface area contributed by atoms with Crippen LogP contribution in [-0.2, 0) is 17.9 Å². The van der Waals surface area contributed by atoms with E-state index in [1.165, 1.54) is 0 Å². The molecule has 1 saturated heterocycles. The quantitative estimate of drug-likeness (QED) is 0.829. The van der Waals surface area contributed by atoms with Gasteiger partial charge in [-0.3, -0.25) is 9.69 Å². The van der Waals surface area contributed by atoms with E-state index in [9.17, 15) is 4.79 Å². The molecule has 8 heteroatoms. The van der Waals surface area contributed by atoms with Gasteiger partial charge >= 0.3 is 0 Å². The fourth-order valence-corrected chi connectivity index (χ4v) is 3.58. The first kappa shape index (κ1) is 16.1. The van der Waals surface area contributed by atoms with E-state index < -0.39 is 0 Å². The highest BCUT2D eigenvalue weighted by molar-refractivity contribution is 7.09. The van der Waals surface area contributed by atoms with E-state index >= 15 is 0 Å². The molecule has 3 heterocycles. The zero-order valence-electron chi connectivity index (χ0n) is 13.7. The van der Waals surface area contributed by atoms with Crippen LogP contribution in [0.5, 0.6) is 0 Å². The van der Waals surface area contributed by atoms with Crippen LogP contribution in [0, 0.1) is 13.8 Å². The molecular formula is C15H21N5O2S. The van der Waals surface area contributed by atoms with Crippen LogP contribution in [0.3, 0.4) is 0 Å². The van der Waals surface area contributed by atoms with Gasteiger partial charge in [-0.2, -0.15) is 4.98 Å². The largest absolute Gasteiger partial charge is 0.340 e. The van der Waals surface area contributed by atoms with E-state index in [4.69, 9.17) is 4.52 Å². The van der Waals surface area contributed by atoms with Gasteiger partial charge in [-0.05, 0) is 13.3 Å². The number of aryl methyl sites for hydroxylation is 2. The topological polar surface area (TPSA) is 75.4 Å². The van der Waals surface area contributed by atoms with E-state index in [1.807, 2.05) is 11.8 Å². The molecule has 0 aromatic carbocycles. The average Bonchev–Trinajstić information content (AvgIpc) is 3.19. The summed E-state index contributed by atoms with van der Waals surface area (Å²) in [4.78, 5) is 24.9. The smallest absolute Gasteiger partial charge is 0.223 e. The maximum absolute atomic E-state index is 12.0. The van der Waals surface area contributed by atoms with Gasteiger partial charge in [-0.15, -0.1) is 11.3 Å². The summed E-state index contributed by atoms with van der Waals surface area (Å²) in [5, 5.41) is 7.09. The SMILES string of the molecule is CC(=O)N(Cc1noc(C)n1)C1CCN(Cc2csc(C)n2)C1. The van der Waals surface area contributed by atoms with E-state index in [0.717, 1.165) is 36.8 Å². The molecule has 1 aliphatic heterocycles. The van der Waals surface area contributed by atoms with Crippen LogP contribution in [0.1, 0.15) is 35.8 Å². The Morgan fingerprint density at radius 1 is 1.48 bits per heavy atom. The van der Waals surface area contributed by atoms with Crippen LogP contribution in [0.2, 0.25) is 0 Å². The highest BCUT2D eigenvalue weighted by Gasteiger charge is 2.30. The maximum Gasteiger partial charge on any atom is 0.223 e. The predicted octanol–water partition coefficient (Wildman–Crippen LogP) is 1.77. The Morgan fingerprint density at radius 2 is 2.30 bits per heavy atom. The third kappa shape index (κ3) is 3.94. The Morgan fingerprint density at radius 3 is 2.91 bits per heavy atom. The first-order chi connectivity index (χ1) is 11.0. The standard InChI is InChI=1S/C15H21N5O2S/c1-10-16-15(18-22-10)8-20(12(3)21)14-4-5-19(7-14)6-13-9-23-11(2)17-13/h9,14H,4-8H2,1-3H3. The number of carbonyl (C=O) groups excluding carboxylic acids is 1. The minimum absolute atomic E-state index is 0.0452. The van der Waals surface area contributed by atoms with Crippen molar-refractivity contribution >= 4 is 17.2 Å². The van der Waals surface area contributed by atoms with Crippen molar-refractivity contribution in [3.63, 3.8) is 0 Å². The molecule has 1 fully saturated rings. The van der Waals surface area contributed by atoms with Crippen LogP contribution in [0.15, 0.2) is 9.90 Å². The molecule has 124 valence electrons. The van der Waals surface area contributed by atoms with Gasteiger partial charge in [0.15, 0.2) is 5.82 Å². The Bertz CT molecular complexity index is 683. The van der Waals surface area contributed by atoms with Gasteiger partial charge in [0.2, 0.25) is 11.8 Å². The Kier molecular flexibility index (Phi) is 4.72. The van der Waals surface area contributed by atoms with Gasteiger partial charge < -0.3 is 9.42 Å². The Hall–Kier alpha value is -1.80. The second-order valence-electron chi connectivity index (χ2n) is 5.91. The highest BCUT2D eigenvalue weighted by Crippen LogP contribution is 2.20. The molecule has 0 N–H and O–H groups in total. The van der Waals surface area contributed by atoms with Crippen molar-refractivity contribution in [2.24, 2.45) is 0 Å². The lowest BCUT2D eigenvalue weighted by atomic mass is 10.2. The van der Waals surface area contributed by atoms with Crippen LogP contribution in [0.4, 0.5) is 0 Å². The van der Waals surface area contributed by atoms with E-state index in [-0.39, 0.29) is 11.9 Å². The summed E-state index contributed by atoms with van der Waals surface area (Å²) in [5.74, 6) is 1.13. The number of hydrogen-bond acceptors (Lipinski definition) is 7. The molecule has 1 atom stereocenters.